The van der Waals surface area contributed by atoms with Crippen molar-refractivity contribution in [3.8, 4) is 11.5 Å². The Morgan fingerprint density at radius 3 is 1.46 bits per heavy atom. The Kier molecular flexibility index (Phi) is 11.2. The number of hydrogen-bond acceptors (Lipinski definition) is 6. The standard InChI is InChI=1S/C34H29FO6/c1-24(2)33(36)40-21-19-38-30-15-9-26(10-16-30)5-6-28-8-14-29(32(35)23-28)13-7-27-11-17-31(18-12-27)39-20-22-41-34(37)25(3)4/h5-23H,1,3H2,2,4H3. The Bertz CT molecular complexity index is 1510. The molecule has 0 aliphatic heterocycles. The molecule has 0 heterocycles. The maximum absolute atomic E-state index is 14.7. The van der Waals surface area contributed by atoms with Gasteiger partial charge in [0.1, 0.15) is 42.4 Å². The summed E-state index contributed by atoms with van der Waals surface area (Å²) in [6.07, 6.45) is 12.0. The Morgan fingerprint density at radius 2 is 1.02 bits per heavy atom. The van der Waals surface area contributed by atoms with E-state index < -0.39 is 11.9 Å². The lowest BCUT2D eigenvalue weighted by atomic mass is 10.1. The second-order valence-electron chi connectivity index (χ2n) is 8.74. The van der Waals surface area contributed by atoms with E-state index in [1.54, 1.807) is 56.3 Å². The Labute approximate surface area is 238 Å². The number of ether oxygens (including phenoxy) is 4. The van der Waals surface area contributed by atoms with Crippen LogP contribution in [-0.4, -0.2) is 11.9 Å². The van der Waals surface area contributed by atoms with Gasteiger partial charge >= 0.3 is 11.9 Å². The molecule has 0 saturated heterocycles. The van der Waals surface area contributed by atoms with Crippen molar-refractivity contribution in [1.29, 1.82) is 0 Å². The third kappa shape index (κ3) is 10.3. The van der Waals surface area contributed by atoms with E-state index in [2.05, 4.69) is 13.2 Å². The van der Waals surface area contributed by atoms with Crippen LogP contribution in [0.3, 0.4) is 0 Å². The van der Waals surface area contributed by atoms with Crippen LogP contribution in [0.1, 0.15) is 36.1 Å². The zero-order chi connectivity index (χ0) is 29.6. The van der Waals surface area contributed by atoms with Gasteiger partial charge in [0, 0.05) is 16.7 Å². The molecule has 0 aliphatic rings. The van der Waals surface area contributed by atoms with E-state index >= 15 is 0 Å². The topological polar surface area (TPSA) is 71.1 Å². The molecule has 0 fully saturated rings. The summed E-state index contributed by atoms with van der Waals surface area (Å²) in [7, 11) is 0. The fourth-order valence-electron chi connectivity index (χ4n) is 3.07. The lowest BCUT2D eigenvalue weighted by Crippen LogP contribution is -1.99. The van der Waals surface area contributed by atoms with Gasteiger partial charge in [-0.1, -0.05) is 73.9 Å². The van der Waals surface area contributed by atoms with Gasteiger partial charge in [-0.3, -0.25) is 0 Å². The van der Waals surface area contributed by atoms with E-state index in [9.17, 15) is 14.0 Å². The predicted octanol–water partition coefficient (Wildman–Crippen LogP) is 8.11. The number of esters is 2. The smallest absolute Gasteiger partial charge is 0.338 e. The molecule has 0 spiro atoms. The van der Waals surface area contributed by atoms with Crippen molar-refractivity contribution in [2.45, 2.75) is 13.8 Å². The molecule has 0 bridgehead atoms. The van der Waals surface area contributed by atoms with Crippen LogP contribution in [0.4, 0.5) is 4.39 Å². The fraction of sp³-hybridized carbons (Fsp3) is 0.0588. The van der Waals surface area contributed by atoms with Gasteiger partial charge in [-0.2, -0.15) is 0 Å². The molecule has 3 rings (SSSR count). The summed E-state index contributed by atoms with van der Waals surface area (Å²) < 4.78 is 35.1. The van der Waals surface area contributed by atoms with E-state index in [0.29, 0.717) is 33.8 Å². The van der Waals surface area contributed by atoms with Gasteiger partial charge in [0.05, 0.1) is 0 Å². The second kappa shape index (κ2) is 15.2. The lowest BCUT2D eigenvalue weighted by molar-refractivity contribution is -0.134. The minimum Gasteiger partial charge on any atom is -0.462 e. The van der Waals surface area contributed by atoms with Crippen molar-refractivity contribution in [1.82, 2.24) is 0 Å². The largest absolute Gasteiger partial charge is 0.462 e. The van der Waals surface area contributed by atoms with E-state index in [-0.39, 0.29) is 5.82 Å². The molecule has 6 nitrogen and oxygen atoms in total. The summed E-state index contributed by atoms with van der Waals surface area (Å²) in [4.78, 5) is 22.6. The summed E-state index contributed by atoms with van der Waals surface area (Å²) in [6.45, 7) is 10.1. The zero-order valence-corrected chi connectivity index (χ0v) is 22.7. The van der Waals surface area contributed by atoms with Crippen LogP contribution in [0, 0.1) is 5.82 Å². The van der Waals surface area contributed by atoms with Gasteiger partial charge in [-0.15, -0.1) is 0 Å². The van der Waals surface area contributed by atoms with Gasteiger partial charge < -0.3 is 18.9 Å². The first-order chi connectivity index (χ1) is 19.7. The van der Waals surface area contributed by atoms with Gasteiger partial charge in [-0.05, 0) is 60.9 Å². The third-order valence-electron chi connectivity index (χ3n) is 5.27. The molecule has 7 heteroatoms. The van der Waals surface area contributed by atoms with Crippen molar-refractivity contribution in [2.75, 3.05) is 0 Å². The highest BCUT2D eigenvalue weighted by atomic mass is 19.1. The summed E-state index contributed by atoms with van der Waals surface area (Å²) in [5.41, 5.74) is 3.50. The molecule has 0 atom stereocenters. The first kappa shape index (κ1) is 30.1. The Balaban J connectivity index is 1.51. The van der Waals surface area contributed by atoms with Crippen molar-refractivity contribution >= 4 is 36.2 Å². The van der Waals surface area contributed by atoms with Crippen molar-refractivity contribution in [3.05, 3.63) is 144 Å². The van der Waals surface area contributed by atoms with Crippen molar-refractivity contribution < 1.29 is 32.9 Å². The lowest BCUT2D eigenvalue weighted by Gasteiger charge is -2.02. The molecule has 0 aliphatic carbocycles. The molecule has 0 amide bonds. The second-order valence-corrected chi connectivity index (χ2v) is 8.74. The molecule has 3 aromatic rings. The molecule has 3 aromatic carbocycles. The van der Waals surface area contributed by atoms with Gasteiger partial charge in [-0.25, -0.2) is 14.0 Å². The molecule has 0 saturated carbocycles. The average Bonchev–Trinajstić information content (AvgIpc) is 2.96. The molecule has 0 unspecified atom stereocenters. The molecule has 0 aromatic heterocycles. The Hall–Kier alpha value is -5.43. The zero-order valence-electron chi connectivity index (χ0n) is 22.7. The quantitative estimate of drug-likeness (QED) is 0.0978. The van der Waals surface area contributed by atoms with Crippen LogP contribution in [0.5, 0.6) is 11.5 Å². The van der Waals surface area contributed by atoms with Crippen LogP contribution in [0.15, 0.2) is 116 Å². The van der Waals surface area contributed by atoms with Crippen molar-refractivity contribution in [2.24, 2.45) is 0 Å². The van der Waals surface area contributed by atoms with Crippen LogP contribution in [0.25, 0.3) is 24.3 Å². The van der Waals surface area contributed by atoms with Crippen LogP contribution >= 0.6 is 0 Å². The average molecular weight is 553 g/mol. The number of rotatable bonds is 12. The highest BCUT2D eigenvalue weighted by Crippen LogP contribution is 2.19. The maximum atomic E-state index is 14.7. The highest BCUT2D eigenvalue weighted by molar-refractivity contribution is 5.87. The minimum atomic E-state index is -0.533. The van der Waals surface area contributed by atoms with Crippen molar-refractivity contribution in [3.63, 3.8) is 0 Å². The number of halogens is 1. The molecule has 208 valence electrons. The SMILES string of the molecule is C=C(C)C(=O)OC=COc1ccc(C=Cc2ccc(C=Cc3ccc(OC=COC(=O)C(=C)C)cc3)c(F)c2)cc1. The van der Waals surface area contributed by atoms with Crippen LogP contribution in [-0.2, 0) is 19.1 Å². The van der Waals surface area contributed by atoms with Crippen LogP contribution < -0.4 is 9.47 Å². The Morgan fingerprint density at radius 1 is 0.610 bits per heavy atom. The number of carbonyl (C=O) groups excluding carboxylic acids is 2. The molecular weight excluding hydrogens is 523 g/mol. The molecule has 0 N–H and O–H groups in total. The number of benzene rings is 3. The van der Waals surface area contributed by atoms with E-state index in [1.165, 1.54) is 18.6 Å². The predicted molar refractivity (Wildman–Crippen MR) is 158 cm³/mol. The van der Waals surface area contributed by atoms with Gasteiger partial charge in [0.2, 0.25) is 0 Å². The van der Waals surface area contributed by atoms with E-state index in [1.807, 2.05) is 42.5 Å². The molecule has 41 heavy (non-hydrogen) atoms. The highest BCUT2D eigenvalue weighted by Gasteiger charge is 2.02. The summed E-state index contributed by atoms with van der Waals surface area (Å²) in [6, 6.07) is 19.3. The summed E-state index contributed by atoms with van der Waals surface area (Å²) in [5.74, 6) is -0.296. The summed E-state index contributed by atoms with van der Waals surface area (Å²) >= 11 is 0. The first-order valence-electron chi connectivity index (χ1n) is 12.4. The maximum Gasteiger partial charge on any atom is 0.338 e. The van der Waals surface area contributed by atoms with E-state index in [4.69, 9.17) is 18.9 Å². The van der Waals surface area contributed by atoms with Gasteiger partial charge in [0.25, 0.3) is 0 Å². The monoisotopic (exact) mass is 552 g/mol. The summed E-state index contributed by atoms with van der Waals surface area (Å²) in [5, 5.41) is 0. The fourth-order valence-corrected chi connectivity index (χ4v) is 3.07. The van der Waals surface area contributed by atoms with Crippen LogP contribution in [0.2, 0.25) is 0 Å². The first-order valence-corrected chi connectivity index (χ1v) is 12.4. The molecular formula is C34H29FO6. The third-order valence-corrected chi connectivity index (χ3v) is 5.27. The molecule has 0 radical (unpaired) electrons. The number of carbonyl (C=O) groups is 2. The van der Waals surface area contributed by atoms with Gasteiger partial charge in [0.15, 0.2) is 0 Å². The normalized spacial score (nSPS) is 11.3. The van der Waals surface area contributed by atoms with E-state index in [0.717, 1.165) is 23.7 Å². The minimum absolute atomic E-state index is 0.291. The number of hydrogen-bond donors (Lipinski definition) is 0.